The molecule has 1 aromatic carbocycles. The minimum Gasteiger partial charge on any atom is -0.350 e. The molecule has 5 nitrogen and oxygen atoms in total. The molecule has 2 amide bonds. The Labute approximate surface area is 128 Å². The highest BCUT2D eigenvalue weighted by Gasteiger charge is 2.36. The van der Waals surface area contributed by atoms with Crippen molar-refractivity contribution in [2.24, 2.45) is 0 Å². The van der Waals surface area contributed by atoms with Crippen LogP contribution in [0.2, 0.25) is 0 Å². The zero-order valence-electron chi connectivity index (χ0n) is 12.3. The van der Waals surface area contributed by atoms with Gasteiger partial charge in [0, 0.05) is 17.8 Å². The number of fused-ring (bicyclic) bond motifs is 1. The molecule has 3 unspecified atom stereocenters. The quantitative estimate of drug-likeness (QED) is 0.793. The van der Waals surface area contributed by atoms with Crippen molar-refractivity contribution in [3.63, 3.8) is 0 Å². The maximum absolute atomic E-state index is 12.8. The van der Waals surface area contributed by atoms with Gasteiger partial charge in [-0.05, 0) is 37.1 Å². The van der Waals surface area contributed by atoms with E-state index in [9.17, 15) is 14.0 Å². The lowest BCUT2D eigenvalue weighted by molar-refractivity contribution is -0.129. The molecule has 1 aromatic rings. The zero-order valence-corrected chi connectivity index (χ0v) is 12.3. The fraction of sp³-hybridized carbons (Fsp3) is 0.500. The summed E-state index contributed by atoms with van der Waals surface area (Å²) in [4.78, 5) is 24.1. The summed E-state index contributed by atoms with van der Waals surface area (Å²) in [6.45, 7) is 0. The molecule has 1 saturated carbocycles. The van der Waals surface area contributed by atoms with Crippen LogP contribution in [-0.2, 0) is 9.59 Å². The Morgan fingerprint density at radius 1 is 1.18 bits per heavy atom. The third-order valence-corrected chi connectivity index (χ3v) is 4.34. The first-order chi connectivity index (χ1) is 10.6. The van der Waals surface area contributed by atoms with E-state index in [1.54, 1.807) is 0 Å². The molecule has 1 saturated heterocycles. The lowest BCUT2D eigenvalue weighted by Crippen LogP contribution is -2.65. The van der Waals surface area contributed by atoms with Crippen LogP contribution in [0.5, 0.6) is 0 Å². The first kappa shape index (κ1) is 15.0. The summed E-state index contributed by atoms with van der Waals surface area (Å²) in [5.41, 5.74) is 0.526. The topological polar surface area (TPSA) is 70.2 Å². The van der Waals surface area contributed by atoms with Gasteiger partial charge in [-0.2, -0.15) is 0 Å². The molecular weight excluding hydrogens is 285 g/mol. The lowest BCUT2D eigenvalue weighted by Gasteiger charge is -2.40. The molecule has 1 aliphatic heterocycles. The summed E-state index contributed by atoms with van der Waals surface area (Å²) >= 11 is 0. The number of carbonyl (C=O) groups is 2. The van der Waals surface area contributed by atoms with E-state index in [1.807, 2.05) is 0 Å². The Kier molecular flexibility index (Phi) is 4.38. The summed E-state index contributed by atoms with van der Waals surface area (Å²) in [6, 6.07) is 5.52. The number of halogens is 1. The van der Waals surface area contributed by atoms with E-state index in [0.29, 0.717) is 5.69 Å². The minimum absolute atomic E-state index is 0.0758. The van der Waals surface area contributed by atoms with Gasteiger partial charge in [-0.3, -0.25) is 9.59 Å². The van der Waals surface area contributed by atoms with Crippen molar-refractivity contribution in [2.45, 2.75) is 50.2 Å². The molecule has 2 fully saturated rings. The Hall–Kier alpha value is -1.95. The molecule has 6 heteroatoms. The van der Waals surface area contributed by atoms with Gasteiger partial charge in [0.15, 0.2) is 0 Å². The third kappa shape index (κ3) is 3.44. The summed E-state index contributed by atoms with van der Waals surface area (Å²) in [6.07, 6.45) is 4.39. The number of benzene rings is 1. The second-order valence-electron chi connectivity index (χ2n) is 5.98. The molecule has 1 aliphatic carbocycles. The van der Waals surface area contributed by atoms with E-state index in [2.05, 4.69) is 16.0 Å². The predicted octanol–water partition coefficient (Wildman–Crippen LogP) is 1.55. The highest BCUT2D eigenvalue weighted by molar-refractivity contribution is 5.95. The molecule has 0 bridgehead atoms. The molecule has 1 heterocycles. The normalized spacial score (nSPS) is 27.7. The molecule has 0 radical (unpaired) electrons. The number of piperazine rings is 1. The van der Waals surface area contributed by atoms with E-state index in [-0.39, 0.29) is 36.1 Å². The molecule has 3 N–H and O–H groups in total. The van der Waals surface area contributed by atoms with E-state index < -0.39 is 6.04 Å². The fourth-order valence-corrected chi connectivity index (χ4v) is 3.20. The Morgan fingerprint density at radius 2 is 1.86 bits per heavy atom. The number of nitrogens with one attached hydrogen (secondary N) is 3. The second-order valence-corrected chi connectivity index (χ2v) is 5.98. The van der Waals surface area contributed by atoms with Crippen LogP contribution < -0.4 is 16.0 Å². The number of anilines is 1. The van der Waals surface area contributed by atoms with Crippen molar-refractivity contribution < 1.29 is 14.0 Å². The van der Waals surface area contributed by atoms with Gasteiger partial charge in [-0.1, -0.05) is 12.8 Å². The summed E-state index contributed by atoms with van der Waals surface area (Å²) < 4.78 is 12.8. The van der Waals surface area contributed by atoms with Crippen LogP contribution in [0.1, 0.15) is 32.1 Å². The maximum atomic E-state index is 12.8. The number of hydrogen-bond acceptors (Lipinski definition) is 3. The summed E-state index contributed by atoms with van der Waals surface area (Å²) in [5.74, 6) is -0.722. The number of hydrogen-bond donors (Lipinski definition) is 3. The Morgan fingerprint density at radius 3 is 2.59 bits per heavy atom. The minimum atomic E-state index is -0.500. The first-order valence-corrected chi connectivity index (χ1v) is 7.73. The van der Waals surface area contributed by atoms with Crippen molar-refractivity contribution in [1.29, 1.82) is 0 Å². The first-order valence-electron chi connectivity index (χ1n) is 7.73. The fourth-order valence-electron chi connectivity index (χ4n) is 3.20. The summed E-state index contributed by atoms with van der Waals surface area (Å²) in [7, 11) is 0. The van der Waals surface area contributed by atoms with E-state index in [0.717, 1.165) is 25.7 Å². The van der Waals surface area contributed by atoms with E-state index in [4.69, 9.17) is 0 Å². The lowest BCUT2D eigenvalue weighted by atomic mass is 9.87. The largest absolute Gasteiger partial charge is 0.350 e. The van der Waals surface area contributed by atoms with Gasteiger partial charge in [0.2, 0.25) is 11.8 Å². The average molecular weight is 305 g/mol. The number of rotatable bonds is 3. The van der Waals surface area contributed by atoms with Crippen molar-refractivity contribution >= 4 is 17.5 Å². The molecule has 22 heavy (non-hydrogen) atoms. The monoisotopic (exact) mass is 305 g/mol. The van der Waals surface area contributed by atoms with Crippen molar-refractivity contribution in [3.8, 4) is 0 Å². The van der Waals surface area contributed by atoms with Gasteiger partial charge in [-0.25, -0.2) is 4.39 Å². The third-order valence-electron chi connectivity index (χ3n) is 4.34. The number of carbonyl (C=O) groups excluding carboxylic acids is 2. The maximum Gasteiger partial charge on any atom is 0.237 e. The second kappa shape index (κ2) is 6.44. The molecule has 2 aliphatic rings. The van der Waals surface area contributed by atoms with Crippen LogP contribution in [0.25, 0.3) is 0 Å². The van der Waals surface area contributed by atoms with Crippen molar-refractivity contribution in [1.82, 2.24) is 10.6 Å². The van der Waals surface area contributed by atoms with Crippen LogP contribution in [-0.4, -0.2) is 29.9 Å². The molecule has 0 aromatic heterocycles. The van der Waals surface area contributed by atoms with Gasteiger partial charge >= 0.3 is 0 Å². The summed E-state index contributed by atoms with van der Waals surface area (Å²) in [5, 5.41) is 9.00. The molecular formula is C16H20FN3O2. The van der Waals surface area contributed by atoms with Crippen LogP contribution in [0.4, 0.5) is 10.1 Å². The Balaban J connectivity index is 1.56. The van der Waals surface area contributed by atoms with Gasteiger partial charge in [0.25, 0.3) is 0 Å². The van der Waals surface area contributed by atoms with E-state index in [1.165, 1.54) is 24.3 Å². The zero-order chi connectivity index (χ0) is 15.5. The van der Waals surface area contributed by atoms with Gasteiger partial charge in [-0.15, -0.1) is 0 Å². The van der Waals surface area contributed by atoms with Crippen LogP contribution in [0, 0.1) is 5.82 Å². The standard InChI is InChI=1S/C16H20FN3O2/c17-10-5-7-11(8-6-10)18-15(21)9-14-16(22)20-13-4-2-1-3-12(13)19-14/h5-8,12-14,19H,1-4,9H2,(H,18,21)(H,20,22). The van der Waals surface area contributed by atoms with E-state index >= 15 is 0 Å². The van der Waals surface area contributed by atoms with Gasteiger partial charge in [0.1, 0.15) is 5.82 Å². The molecule has 118 valence electrons. The van der Waals surface area contributed by atoms with Crippen molar-refractivity contribution in [2.75, 3.05) is 5.32 Å². The van der Waals surface area contributed by atoms with Gasteiger partial charge in [0.05, 0.1) is 12.5 Å². The SMILES string of the molecule is O=C(CC1NC2CCCCC2NC1=O)Nc1ccc(F)cc1. The molecule has 3 atom stereocenters. The molecule has 0 spiro atoms. The van der Waals surface area contributed by atoms with Crippen LogP contribution in [0.3, 0.4) is 0 Å². The molecule has 3 rings (SSSR count). The highest BCUT2D eigenvalue weighted by Crippen LogP contribution is 2.22. The smallest absolute Gasteiger partial charge is 0.237 e. The Bertz CT molecular complexity index is 561. The van der Waals surface area contributed by atoms with Crippen LogP contribution >= 0.6 is 0 Å². The number of amides is 2. The highest BCUT2D eigenvalue weighted by atomic mass is 19.1. The van der Waals surface area contributed by atoms with Crippen LogP contribution in [0.15, 0.2) is 24.3 Å². The van der Waals surface area contributed by atoms with Crippen molar-refractivity contribution in [3.05, 3.63) is 30.1 Å². The average Bonchev–Trinajstić information content (AvgIpc) is 2.50. The van der Waals surface area contributed by atoms with Gasteiger partial charge < -0.3 is 16.0 Å². The predicted molar refractivity (Wildman–Crippen MR) is 80.8 cm³/mol.